The number of carbonyl (C=O) groups is 1. The lowest BCUT2D eigenvalue weighted by atomic mass is 9.86. The van der Waals surface area contributed by atoms with Crippen LogP contribution in [0.4, 0.5) is 5.69 Å². The molecule has 7 heteroatoms. The summed E-state index contributed by atoms with van der Waals surface area (Å²) in [6.45, 7) is 0.428. The van der Waals surface area contributed by atoms with Crippen molar-refractivity contribution in [3.63, 3.8) is 0 Å². The predicted octanol–water partition coefficient (Wildman–Crippen LogP) is 5.32. The Morgan fingerprint density at radius 1 is 1.22 bits per heavy atom. The number of thioether (sulfide) groups is 1. The van der Waals surface area contributed by atoms with Gasteiger partial charge in [-0.2, -0.15) is 5.26 Å². The highest BCUT2D eigenvalue weighted by Gasteiger charge is 2.38. The molecule has 0 saturated carbocycles. The first kappa shape index (κ1) is 18.4. The standard InChI is InChI=1S/C20H15BrClN3OS/c21-14-4-1-3-13(7-14)17-9-19(26)25-11-24(12-27-20(25)18(17)10-23)16-6-2-5-15(22)8-16/h1-8,17H,9,11-12H2. The summed E-state index contributed by atoms with van der Waals surface area (Å²) in [4.78, 5) is 16.7. The maximum atomic E-state index is 12.9. The second-order valence-electron chi connectivity index (χ2n) is 6.40. The van der Waals surface area contributed by atoms with Crippen LogP contribution in [0.15, 0.2) is 63.6 Å². The molecule has 0 N–H and O–H groups in total. The maximum Gasteiger partial charge on any atom is 0.229 e. The fraction of sp³-hybridized carbons (Fsp3) is 0.200. The lowest BCUT2D eigenvalue weighted by Gasteiger charge is -2.42. The second-order valence-corrected chi connectivity index (χ2v) is 8.68. The number of benzene rings is 2. The molecule has 1 amide bonds. The number of hydrogen-bond donors (Lipinski definition) is 0. The maximum absolute atomic E-state index is 12.9. The molecule has 0 aromatic heterocycles. The van der Waals surface area contributed by atoms with Gasteiger partial charge in [0.05, 0.1) is 29.2 Å². The number of allylic oxidation sites excluding steroid dienone is 1. The van der Waals surface area contributed by atoms with Crippen LogP contribution in [0.25, 0.3) is 0 Å². The molecule has 2 heterocycles. The van der Waals surface area contributed by atoms with Gasteiger partial charge >= 0.3 is 0 Å². The second kappa shape index (κ2) is 7.59. The Morgan fingerprint density at radius 3 is 2.78 bits per heavy atom. The summed E-state index contributed by atoms with van der Waals surface area (Å²) < 4.78 is 0.945. The highest BCUT2D eigenvalue weighted by atomic mass is 79.9. The van der Waals surface area contributed by atoms with E-state index >= 15 is 0 Å². The Hall–Kier alpha value is -1.94. The molecule has 2 aromatic carbocycles. The van der Waals surface area contributed by atoms with Gasteiger partial charge in [0.25, 0.3) is 0 Å². The number of rotatable bonds is 2. The third-order valence-corrected chi connectivity index (χ3v) is 6.60. The summed E-state index contributed by atoms with van der Waals surface area (Å²) in [5.41, 5.74) is 2.62. The van der Waals surface area contributed by atoms with Gasteiger partial charge in [0.15, 0.2) is 0 Å². The van der Waals surface area contributed by atoms with E-state index < -0.39 is 0 Å². The molecule has 0 radical (unpaired) electrons. The van der Waals surface area contributed by atoms with E-state index in [0.29, 0.717) is 29.6 Å². The molecule has 4 nitrogen and oxygen atoms in total. The van der Waals surface area contributed by atoms with Crippen molar-refractivity contribution in [1.82, 2.24) is 4.90 Å². The lowest BCUT2D eigenvalue weighted by Crippen LogP contribution is -2.47. The Morgan fingerprint density at radius 2 is 2.04 bits per heavy atom. The fourth-order valence-corrected chi connectivity index (χ4v) is 5.18. The Kier molecular flexibility index (Phi) is 5.18. The number of anilines is 1. The van der Waals surface area contributed by atoms with Crippen molar-refractivity contribution in [2.24, 2.45) is 0 Å². The van der Waals surface area contributed by atoms with Crippen LogP contribution in [0.3, 0.4) is 0 Å². The van der Waals surface area contributed by atoms with Crippen LogP contribution in [0.1, 0.15) is 17.9 Å². The molecule has 0 aliphatic carbocycles. The SMILES string of the molecule is N#CC1=C2SCN(c3cccc(Cl)c3)CN2C(=O)CC1c1cccc(Br)c1. The van der Waals surface area contributed by atoms with Gasteiger partial charge in [-0.05, 0) is 35.9 Å². The van der Waals surface area contributed by atoms with Crippen molar-refractivity contribution >= 4 is 50.9 Å². The fourth-order valence-electron chi connectivity index (χ4n) is 3.41. The van der Waals surface area contributed by atoms with Gasteiger partial charge in [0, 0.05) is 27.5 Å². The van der Waals surface area contributed by atoms with Gasteiger partial charge in [-0.1, -0.05) is 57.5 Å². The molecule has 2 aliphatic heterocycles. The van der Waals surface area contributed by atoms with Crippen molar-refractivity contribution in [2.75, 3.05) is 17.4 Å². The first-order chi connectivity index (χ1) is 13.1. The quantitative estimate of drug-likeness (QED) is 0.608. The summed E-state index contributed by atoms with van der Waals surface area (Å²) in [5, 5.41) is 11.3. The van der Waals surface area contributed by atoms with Crippen molar-refractivity contribution in [3.05, 3.63) is 74.2 Å². The summed E-state index contributed by atoms with van der Waals surface area (Å²) in [5.74, 6) is 0.500. The molecule has 27 heavy (non-hydrogen) atoms. The minimum atomic E-state index is -0.198. The normalized spacial score (nSPS) is 19.7. The molecule has 2 aromatic rings. The van der Waals surface area contributed by atoms with E-state index in [1.807, 2.05) is 48.5 Å². The molecule has 4 rings (SSSR count). The lowest BCUT2D eigenvalue weighted by molar-refractivity contribution is -0.129. The highest BCUT2D eigenvalue weighted by molar-refractivity contribution is 9.10. The van der Waals surface area contributed by atoms with Gasteiger partial charge in [-0.15, -0.1) is 0 Å². The van der Waals surface area contributed by atoms with Crippen LogP contribution in [0.2, 0.25) is 5.02 Å². The van der Waals surface area contributed by atoms with Crippen LogP contribution in [-0.2, 0) is 4.79 Å². The van der Waals surface area contributed by atoms with Crippen molar-refractivity contribution in [1.29, 1.82) is 5.26 Å². The molecular weight excluding hydrogens is 446 g/mol. The van der Waals surface area contributed by atoms with E-state index in [4.69, 9.17) is 11.6 Å². The van der Waals surface area contributed by atoms with Gasteiger partial charge in [-0.3, -0.25) is 9.69 Å². The zero-order valence-electron chi connectivity index (χ0n) is 14.2. The number of carbonyl (C=O) groups excluding carboxylic acids is 1. The third-order valence-electron chi connectivity index (χ3n) is 4.72. The van der Waals surface area contributed by atoms with Crippen LogP contribution < -0.4 is 4.90 Å². The number of amides is 1. The first-order valence-corrected chi connectivity index (χ1v) is 10.6. The molecule has 1 unspecified atom stereocenters. The average molecular weight is 461 g/mol. The van der Waals surface area contributed by atoms with Crippen molar-refractivity contribution in [3.8, 4) is 6.07 Å². The van der Waals surface area contributed by atoms with Gasteiger partial charge in [-0.25, -0.2) is 0 Å². The first-order valence-electron chi connectivity index (χ1n) is 8.40. The third kappa shape index (κ3) is 3.60. The topological polar surface area (TPSA) is 47.3 Å². The Labute approximate surface area is 175 Å². The van der Waals surface area contributed by atoms with E-state index in [-0.39, 0.29) is 11.8 Å². The summed E-state index contributed by atoms with van der Waals surface area (Å²) in [6, 6.07) is 17.8. The summed E-state index contributed by atoms with van der Waals surface area (Å²) in [7, 11) is 0. The van der Waals surface area contributed by atoms with E-state index in [0.717, 1.165) is 20.8 Å². The van der Waals surface area contributed by atoms with Crippen LogP contribution >= 0.6 is 39.3 Å². The zero-order valence-corrected chi connectivity index (χ0v) is 17.4. The number of nitriles is 1. The molecular formula is C20H15BrClN3OS. The molecule has 1 atom stereocenters. The van der Waals surface area contributed by atoms with Crippen LogP contribution in [-0.4, -0.2) is 23.4 Å². The molecule has 2 aliphatic rings. The summed E-state index contributed by atoms with van der Waals surface area (Å²) in [6.07, 6.45) is 0.298. The number of halogens is 2. The van der Waals surface area contributed by atoms with Crippen LogP contribution in [0, 0.1) is 11.3 Å². The minimum absolute atomic E-state index is 0.0354. The predicted molar refractivity (Wildman–Crippen MR) is 112 cm³/mol. The number of hydrogen-bond acceptors (Lipinski definition) is 4. The van der Waals surface area contributed by atoms with Crippen molar-refractivity contribution < 1.29 is 4.79 Å². The smallest absolute Gasteiger partial charge is 0.229 e. The molecule has 136 valence electrons. The van der Waals surface area contributed by atoms with E-state index in [1.54, 1.807) is 4.90 Å². The van der Waals surface area contributed by atoms with Crippen molar-refractivity contribution in [2.45, 2.75) is 12.3 Å². The molecule has 0 bridgehead atoms. The van der Waals surface area contributed by atoms with Gasteiger partial charge in [0.1, 0.15) is 0 Å². The zero-order chi connectivity index (χ0) is 19.0. The van der Waals surface area contributed by atoms with Crippen LogP contribution in [0.5, 0.6) is 0 Å². The molecule has 0 spiro atoms. The average Bonchev–Trinajstić information content (AvgIpc) is 2.67. The van der Waals surface area contributed by atoms with Gasteiger partial charge in [0.2, 0.25) is 5.91 Å². The summed E-state index contributed by atoms with van der Waals surface area (Å²) >= 11 is 11.1. The van der Waals surface area contributed by atoms with E-state index in [2.05, 4.69) is 26.9 Å². The van der Waals surface area contributed by atoms with Gasteiger partial charge < -0.3 is 4.90 Å². The minimum Gasteiger partial charge on any atom is -0.344 e. The highest BCUT2D eigenvalue weighted by Crippen LogP contribution is 2.43. The number of fused-ring (bicyclic) bond motifs is 1. The Balaban J connectivity index is 1.68. The molecule has 1 saturated heterocycles. The monoisotopic (exact) mass is 459 g/mol. The van der Waals surface area contributed by atoms with E-state index in [1.165, 1.54) is 11.8 Å². The number of nitrogens with zero attached hydrogens (tertiary/aromatic N) is 3. The van der Waals surface area contributed by atoms with E-state index in [9.17, 15) is 10.1 Å². The Bertz CT molecular complexity index is 987. The largest absolute Gasteiger partial charge is 0.344 e. The molecule has 1 fully saturated rings.